The van der Waals surface area contributed by atoms with E-state index in [1.54, 1.807) is 9.80 Å². The number of unbranched alkanes of at least 4 members (excludes halogenated alkanes) is 1. The lowest BCUT2D eigenvalue weighted by molar-refractivity contribution is -0.134. The van der Waals surface area contributed by atoms with Crippen LogP contribution in [-0.2, 0) is 14.4 Å². The Morgan fingerprint density at radius 2 is 1.14 bits per heavy atom. The maximum atomic E-state index is 14.3. The fourth-order valence-electron chi connectivity index (χ4n) is 9.39. The normalized spacial score (nSPS) is 17.9. The topological polar surface area (TPSA) is 178 Å². The molecule has 0 spiro atoms. The second-order valence-corrected chi connectivity index (χ2v) is 18.8. The van der Waals surface area contributed by atoms with Crippen molar-refractivity contribution < 1.29 is 24.0 Å². The van der Waals surface area contributed by atoms with Crippen molar-refractivity contribution in [1.29, 1.82) is 0 Å². The molecule has 4 aromatic carbocycles. The first-order valence-electron chi connectivity index (χ1n) is 24.7. The molecule has 4 unspecified atom stereocenters. The van der Waals surface area contributed by atoms with Crippen LogP contribution in [0.15, 0.2) is 115 Å². The highest BCUT2D eigenvalue weighted by molar-refractivity contribution is 5.89. The quantitative estimate of drug-likeness (QED) is 0.0720. The van der Waals surface area contributed by atoms with Crippen molar-refractivity contribution in [3.8, 4) is 22.4 Å². The molecule has 368 valence electrons. The summed E-state index contributed by atoms with van der Waals surface area (Å²) in [5, 5.41) is 12.1. The van der Waals surface area contributed by atoms with Gasteiger partial charge >= 0.3 is 12.1 Å². The van der Waals surface area contributed by atoms with Gasteiger partial charge in [-0.3, -0.25) is 14.4 Å². The van der Waals surface area contributed by atoms with Gasteiger partial charge in [0, 0.05) is 71.9 Å². The van der Waals surface area contributed by atoms with Gasteiger partial charge in [0.1, 0.15) is 17.9 Å². The SMILES string of the molecule is CC(NC(=O)CCCCNC(=O)C(NC(=O)N1CCN(C)CC1)c1ccccc1)c1ccc(-c2ccc(-c3cnc(C4CCCN4C(=O)C(NC(=O)N4CCN(C)CC4)c4ccccc4)[nH]3)cc2)cc1. The number of piperazine rings is 2. The number of likely N-dealkylation sites (tertiary alicyclic amines) is 1. The Morgan fingerprint density at radius 3 is 1.73 bits per heavy atom. The molecule has 3 aliphatic rings. The van der Waals surface area contributed by atoms with Crippen molar-refractivity contribution in [3.05, 3.63) is 138 Å². The zero-order valence-electron chi connectivity index (χ0n) is 40.6. The van der Waals surface area contributed by atoms with E-state index in [-0.39, 0.29) is 41.9 Å². The van der Waals surface area contributed by atoms with Gasteiger partial charge in [-0.05, 0) is 80.1 Å². The minimum absolute atomic E-state index is 0.0594. The summed E-state index contributed by atoms with van der Waals surface area (Å²) in [5.74, 6) is 0.242. The standard InChI is InChI=1S/C54H67N11O5/c1-38(57-47(66)18-10-11-27-55-51(67)48(43-13-6-4-7-14-43)59-53(69)63-33-29-61(2)30-34-63)39-19-21-40(22-20-39)41-23-25-42(26-24-41)45-37-56-50(58-45)46-17-12-28-65(46)52(68)49(44-15-8-5-9-16-44)60-54(70)64-35-31-62(3)32-36-64/h4-9,13-16,19-26,37-38,46,48-49H,10-12,17-18,27-36H2,1-3H3,(H,55,67)(H,56,58)(H,57,66)(H,59,69)(H,60,70). The molecule has 70 heavy (non-hydrogen) atoms. The fourth-order valence-corrected chi connectivity index (χ4v) is 9.39. The lowest BCUT2D eigenvalue weighted by Crippen LogP contribution is -2.53. The Balaban J connectivity index is 0.798. The zero-order chi connectivity index (χ0) is 49.0. The summed E-state index contributed by atoms with van der Waals surface area (Å²) >= 11 is 0. The first-order chi connectivity index (χ1) is 34.0. The first-order valence-corrected chi connectivity index (χ1v) is 24.7. The average Bonchev–Trinajstić information content (AvgIpc) is 4.09. The predicted molar refractivity (Wildman–Crippen MR) is 270 cm³/mol. The van der Waals surface area contributed by atoms with E-state index in [1.807, 2.05) is 105 Å². The van der Waals surface area contributed by atoms with E-state index in [2.05, 4.69) is 72.4 Å². The van der Waals surface area contributed by atoms with Crippen LogP contribution in [0.3, 0.4) is 0 Å². The van der Waals surface area contributed by atoms with Crippen molar-refractivity contribution >= 4 is 29.8 Å². The van der Waals surface area contributed by atoms with Crippen molar-refractivity contribution in [3.63, 3.8) is 0 Å². The van der Waals surface area contributed by atoms with Gasteiger partial charge in [-0.25, -0.2) is 14.6 Å². The molecule has 8 rings (SSSR count). The maximum absolute atomic E-state index is 14.3. The summed E-state index contributed by atoms with van der Waals surface area (Å²) in [6, 6.07) is 32.6. The maximum Gasteiger partial charge on any atom is 0.318 e. The number of aromatic nitrogens is 2. The van der Waals surface area contributed by atoms with Gasteiger partial charge in [0.25, 0.3) is 0 Å². The zero-order valence-corrected chi connectivity index (χ0v) is 40.6. The van der Waals surface area contributed by atoms with Crippen LogP contribution in [0, 0.1) is 0 Å². The lowest BCUT2D eigenvalue weighted by atomic mass is 10.00. The van der Waals surface area contributed by atoms with Crippen LogP contribution in [0.1, 0.15) is 85.7 Å². The van der Waals surface area contributed by atoms with Crippen LogP contribution < -0.4 is 21.3 Å². The fraction of sp³-hybridized carbons (Fsp3) is 0.407. The van der Waals surface area contributed by atoms with Crippen LogP contribution in [-0.4, -0.2) is 144 Å². The molecule has 4 atom stereocenters. The van der Waals surface area contributed by atoms with Crippen LogP contribution in [0.4, 0.5) is 9.59 Å². The number of hydrogen-bond acceptors (Lipinski definition) is 8. The molecular weight excluding hydrogens is 883 g/mol. The van der Waals surface area contributed by atoms with Crippen LogP contribution in [0.5, 0.6) is 0 Å². The van der Waals surface area contributed by atoms with Crippen molar-refractivity contribution in [2.24, 2.45) is 0 Å². The highest BCUT2D eigenvalue weighted by Gasteiger charge is 2.38. The van der Waals surface area contributed by atoms with Gasteiger partial charge in [0.2, 0.25) is 17.7 Å². The summed E-state index contributed by atoms with van der Waals surface area (Å²) in [4.78, 5) is 85.1. The van der Waals surface area contributed by atoms with Gasteiger partial charge < -0.3 is 50.8 Å². The Bertz CT molecular complexity index is 2520. The molecule has 4 heterocycles. The number of nitrogens with one attached hydrogen (secondary N) is 5. The number of likely N-dealkylation sites (N-methyl/N-ethyl adjacent to an activating group) is 2. The summed E-state index contributed by atoms with van der Waals surface area (Å²) in [5.41, 5.74) is 6.37. The number of hydrogen-bond donors (Lipinski definition) is 5. The minimum Gasteiger partial charge on any atom is -0.354 e. The van der Waals surface area contributed by atoms with Crippen molar-refractivity contribution in [2.45, 2.75) is 63.2 Å². The highest BCUT2D eigenvalue weighted by atomic mass is 16.2. The Morgan fingerprint density at radius 1 is 0.614 bits per heavy atom. The van der Waals surface area contributed by atoms with E-state index in [4.69, 9.17) is 4.98 Å². The van der Waals surface area contributed by atoms with Crippen molar-refractivity contribution in [2.75, 3.05) is 79.5 Å². The van der Waals surface area contributed by atoms with Gasteiger partial charge in [-0.2, -0.15) is 0 Å². The number of carbonyl (C=O) groups is 5. The number of imidazole rings is 1. The van der Waals surface area contributed by atoms with Gasteiger partial charge in [-0.15, -0.1) is 0 Å². The van der Waals surface area contributed by atoms with E-state index in [0.717, 1.165) is 78.4 Å². The van der Waals surface area contributed by atoms with E-state index >= 15 is 0 Å². The Kier molecular flexibility index (Phi) is 16.6. The predicted octanol–water partition coefficient (Wildman–Crippen LogP) is 6.27. The van der Waals surface area contributed by atoms with E-state index in [1.165, 1.54) is 0 Å². The first kappa shape index (κ1) is 49.4. The van der Waals surface area contributed by atoms with Gasteiger partial charge in [0.15, 0.2) is 0 Å². The molecule has 3 saturated heterocycles. The third-order valence-corrected chi connectivity index (χ3v) is 13.8. The van der Waals surface area contributed by atoms with Crippen LogP contribution in [0.2, 0.25) is 0 Å². The van der Waals surface area contributed by atoms with E-state index < -0.39 is 12.1 Å². The van der Waals surface area contributed by atoms with Crippen LogP contribution in [0.25, 0.3) is 22.4 Å². The number of benzene rings is 4. The number of nitrogens with zero attached hydrogens (tertiary/aromatic N) is 6. The molecule has 16 heteroatoms. The molecule has 16 nitrogen and oxygen atoms in total. The number of carbonyl (C=O) groups excluding carboxylic acids is 5. The molecule has 0 bridgehead atoms. The Labute approximate surface area is 411 Å². The van der Waals surface area contributed by atoms with Crippen molar-refractivity contribution in [1.82, 2.24) is 55.7 Å². The van der Waals surface area contributed by atoms with Gasteiger partial charge in [0.05, 0.1) is 24.0 Å². The monoisotopic (exact) mass is 950 g/mol. The lowest BCUT2D eigenvalue weighted by Gasteiger charge is -2.34. The second kappa shape index (κ2) is 23.5. The summed E-state index contributed by atoms with van der Waals surface area (Å²) in [6.45, 7) is 8.53. The Hall–Kier alpha value is -7.04. The van der Waals surface area contributed by atoms with E-state index in [9.17, 15) is 24.0 Å². The number of amides is 7. The number of aromatic amines is 1. The number of rotatable bonds is 16. The molecule has 3 aliphatic heterocycles. The molecule has 5 N–H and O–H groups in total. The molecule has 7 amide bonds. The molecular formula is C54H67N11O5. The third-order valence-electron chi connectivity index (χ3n) is 13.8. The molecule has 5 aromatic rings. The molecule has 0 saturated carbocycles. The number of H-pyrrole nitrogens is 1. The van der Waals surface area contributed by atoms with Gasteiger partial charge in [-0.1, -0.05) is 109 Å². The molecule has 0 radical (unpaired) electrons. The summed E-state index contributed by atoms with van der Waals surface area (Å²) in [7, 11) is 4.07. The summed E-state index contributed by atoms with van der Waals surface area (Å²) in [6.07, 6.45) is 4.96. The number of urea groups is 2. The van der Waals surface area contributed by atoms with Crippen LogP contribution >= 0.6 is 0 Å². The second-order valence-electron chi connectivity index (χ2n) is 18.8. The van der Waals surface area contributed by atoms with E-state index in [0.29, 0.717) is 64.1 Å². The minimum atomic E-state index is -0.815. The largest absolute Gasteiger partial charge is 0.354 e. The summed E-state index contributed by atoms with van der Waals surface area (Å²) < 4.78 is 0. The third kappa shape index (κ3) is 12.6. The highest BCUT2D eigenvalue weighted by Crippen LogP contribution is 2.35. The molecule has 0 aliphatic carbocycles. The molecule has 1 aromatic heterocycles. The average molecular weight is 950 g/mol. The smallest absolute Gasteiger partial charge is 0.318 e. The molecule has 3 fully saturated rings.